The Bertz CT molecular complexity index is 378. The van der Waals surface area contributed by atoms with Gasteiger partial charge >= 0.3 is 5.97 Å². The number of carbonyl (C=O) groups is 2. The Hall–Kier alpha value is -1.91. The Labute approximate surface area is 93.7 Å². The third-order valence-corrected chi connectivity index (χ3v) is 2.43. The Balaban J connectivity index is 2.81. The van der Waals surface area contributed by atoms with E-state index >= 15 is 0 Å². The minimum absolute atomic E-state index is 0.263. The first kappa shape index (κ1) is 12.2. The summed E-state index contributed by atoms with van der Waals surface area (Å²) in [4.78, 5) is 27.2. The van der Waals surface area contributed by atoms with Crippen molar-refractivity contribution in [3.05, 3.63) is 30.1 Å². The molecule has 0 radical (unpaired) electrons. The molecule has 1 aromatic heterocycles. The van der Waals surface area contributed by atoms with E-state index in [9.17, 15) is 9.59 Å². The zero-order chi connectivity index (χ0) is 12.1. The maximum absolute atomic E-state index is 11.1. The van der Waals surface area contributed by atoms with Crippen LogP contribution in [-0.2, 0) is 16.0 Å². The number of pyridine rings is 1. The van der Waals surface area contributed by atoms with E-state index < -0.39 is 12.0 Å². The molecule has 0 aliphatic heterocycles. The van der Waals surface area contributed by atoms with Gasteiger partial charge in [0, 0.05) is 32.8 Å². The fourth-order valence-electron chi connectivity index (χ4n) is 1.35. The van der Waals surface area contributed by atoms with Gasteiger partial charge in [-0.15, -0.1) is 0 Å². The summed E-state index contributed by atoms with van der Waals surface area (Å²) >= 11 is 0. The van der Waals surface area contributed by atoms with Crippen molar-refractivity contribution >= 4 is 11.9 Å². The molecule has 0 unspecified atom stereocenters. The van der Waals surface area contributed by atoms with Crippen molar-refractivity contribution in [3.8, 4) is 0 Å². The maximum Gasteiger partial charge on any atom is 0.326 e. The first-order chi connectivity index (χ1) is 7.52. The van der Waals surface area contributed by atoms with Gasteiger partial charge in [0.05, 0.1) is 0 Å². The lowest BCUT2D eigenvalue weighted by molar-refractivity contribution is -0.148. The van der Waals surface area contributed by atoms with E-state index in [1.807, 2.05) is 0 Å². The van der Waals surface area contributed by atoms with Gasteiger partial charge in [-0.3, -0.25) is 9.78 Å². The van der Waals surface area contributed by atoms with Crippen LogP contribution in [0.3, 0.4) is 0 Å². The number of carboxylic acids is 1. The van der Waals surface area contributed by atoms with Crippen LogP contribution < -0.4 is 0 Å². The number of nitrogens with zero attached hydrogens (tertiary/aromatic N) is 2. The number of rotatable bonds is 4. The lowest BCUT2D eigenvalue weighted by Gasteiger charge is -2.23. The highest BCUT2D eigenvalue weighted by molar-refractivity contribution is 5.82. The summed E-state index contributed by atoms with van der Waals surface area (Å²) in [6, 6.07) is 2.65. The first-order valence-corrected chi connectivity index (χ1v) is 4.87. The Morgan fingerprint density at radius 3 is 2.44 bits per heavy atom. The number of amides is 1. The molecule has 0 aromatic carbocycles. The van der Waals surface area contributed by atoms with E-state index in [4.69, 9.17) is 5.11 Å². The predicted octanol–water partition coefficient (Wildman–Crippen LogP) is 0.556. The highest BCUT2D eigenvalue weighted by Crippen LogP contribution is 2.07. The number of carboxylic acid groups (broad SMARTS) is 1. The second-order valence-corrected chi connectivity index (χ2v) is 3.54. The van der Waals surface area contributed by atoms with Crippen LogP contribution in [0, 0.1) is 0 Å². The molecule has 86 valence electrons. The molecule has 1 rings (SSSR count). The van der Waals surface area contributed by atoms with Crippen molar-refractivity contribution in [2.75, 3.05) is 7.05 Å². The van der Waals surface area contributed by atoms with E-state index in [0.717, 1.165) is 5.56 Å². The van der Waals surface area contributed by atoms with E-state index in [2.05, 4.69) is 4.98 Å². The van der Waals surface area contributed by atoms with E-state index in [1.165, 1.54) is 18.9 Å². The SMILES string of the molecule is CC(=O)N(C)[C@@H](Cc1ccncc1)C(=O)O. The van der Waals surface area contributed by atoms with Gasteiger partial charge in [0.15, 0.2) is 0 Å². The summed E-state index contributed by atoms with van der Waals surface area (Å²) in [6.07, 6.45) is 3.48. The van der Waals surface area contributed by atoms with Crippen molar-refractivity contribution < 1.29 is 14.7 Å². The van der Waals surface area contributed by atoms with Crippen LogP contribution in [0.1, 0.15) is 12.5 Å². The summed E-state index contributed by atoms with van der Waals surface area (Å²) in [6.45, 7) is 1.35. The van der Waals surface area contributed by atoms with Crippen LogP contribution in [-0.4, -0.2) is 40.0 Å². The number of aromatic nitrogens is 1. The Morgan fingerprint density at radius 1 is 1.44 bits per heavy atom. The fraction of sp³-hybridized carbons (Fsp3) is 0.364. The smallest absolute Gasteiger partial charge is 0.326 e. The fourth-order valence-corrected chi connectivity index (χ4v) is 1.35. The molecule has 1 atom stereocenters. The Kier molecular flexibility index (Phi) is 3.99. The van der Waals surface area contributed by atoms with Crippen LogP contribution >= 0.6 is 0 Å². The van der Waals surface area contributed by atoms with Gasteiger partial charge in [0.2, 0.25) is 5.91 Å². The molecule has 1 heterocycles. The lowest BCUT2D eigenvalue weighted by Crippen LogP contribution is -2.42. The minimum Gasteiger partial charge on any atom is -0.480 e. The van der Waals surface area contributed by atoms with Crippen LogP contribution in [0.5, 0.6) is 0 Å². The van der Waals surface area contributed by atoms with Crippen molar-refractivity contribution in [1.82, 2.24) is 9.88 Å². The summed E-state index contributed by atoms with van der Waals surface area (Å²) in [7, 11) is 1.49. The molecule has 5 nitrogen and oxygen atoms in total. The normalized spacial score (nSPS) is 11.9. The topological polar surface area (TPSA) is 70.5 Å². The maximum atomic E-state index is 11.1. The lowest BCUT2D eigenvalue weighted by atomic mass is 10.1. The molecule has 16 heavy (non-hydrogen) atoms. The van der Waals surface area contributed by atoms with Gasteiger partial charge in [-0.2, -0.15) is 0 Å². The molecule has 1 amide bonds. The third kappa shape index (κ3) is 3.05. The average Bonchev–Trinajstić information content (AvgIpc) is 2.26. The van der Waals surface area contributed by atoms with Crippen LogP contribution in [0.4, 0.5) is 0 Å². The minimum atomic E-state index is -1.01. The molecular weight excluding hydrogens is 208 g/mol. The van der Waals surface area contributed by atoms with Gasteiger partial charge in [-0.1, -0.05) is 0 Å². The standard InChI is InChI=1S/C11H14N2O3/c1-8(14)13(2)10(11(15)16)7-9-3-5-12-6-4-9/h3-6,10H,7H2,1-2H3,(H,15,16)/t10-/m0/s1. The van der Waals surface area contributed by atoms with Crippen LogP contribution in [0.25, 0.3) is 0 Å². The zero-order valence-electron chi connectivity index (χ0n) is 9.25. The van der Waals surface area contributed by atoms with Gasteiger partial charge in [-0.05, 0) is 17.7 Å². The Morgan fingerprint density at radius 2 is 2.00 bits per heavy atom. The molecular formula is C11H14N2O3. The largest absolute Gasteiger partial charge is 0.480 e. The summed E-state index contributed by atoms with van der Waals surface area (Å²) < 4.78 is 0. The van der Waals surface area contributed by atoms with E-state index in [0.29, 0.717) is 0 Å². The molecule has 5 heteroatoms. The van der Waals surface area contributed by atoms with Gasteiger partial charge < -0.3 is 10.0 Å². The number of hydrogen-bond donors (Lipinski definition) is 1. The van der Waals surface area contributed by atoms with Crippen LogP contribution in [0.15, 0.2) is 24.5 Å². The molecule has 0 aliphatic carbocycles. The highest BCUT2D eigenvalue weighted by atomic mass is 16.4. The molecule has 0 bridgehead atoms. The summed E-state index contributed by atoms with van der Waals surface area (Å²) in [5, 5.41) is 9.04. The second kappa shape index (κ2) is 5.25. The van der Waals surface area contributed by atoms with E-state index in [1.54, 1.807) is 24.5 Å². The zero-order valence-corrected chi connectivity index (χ0v) is 9.25. The first-order valence-electron chi connectivity index (χ1n) is 4.87. The monoisotopic (exact) mass is 222 g/mol. The molecule has 1 N–H and O–H groups in total. The van der Waals surface area contributed by atoms with Gasteiger partial charge in [0.25, 0.3) is 0 Å². The quantitative estimate of drug-likeness (QED) is 0.807. The van der Waals surface area contributed by atoms with Crippen molar-refractivity contribution in [3.63, 3.8) is 0 Å². The van der Waals surface area contributed by atoms with Crippen molar-refractivity contribution in [2.45, 2.75) is 19.4 Å². The van der Waals surface area contributed by atoms with Crippen molar-refractivity contribution in [2.24, 2.45) is 0 Å². The molecule has 1 aromatic rings. The van der Waals surface area contributed by atoms with Crippen molar-refractivity contribution in [1.29, 1.82) is 0 Å². The van der Waals surface area contributed by atoms with Crippen LogP contribution in [0.2, 0.25) is 0 Å². The number of carbonyl (C=O) groups excluding carboxylic acids is 1. The number of hydrogen-bond acceptors (Lipinski definition) is 3. The molecule has 0 spiro atoms. The van der Waals surface area contributed by atoms with Gasteiger partial charge in [-0.25, -0.2) is 4.79 Å². The molecule has 0 saturated heterocycles. The van der Waals surface area contributed by atoms with E-state index in [-0.39, 0.29) is 12.3 Å². The average molecular weight is 222 g/mol. The predicted molar refractivity (Wildman–Crippen MR) is 57.8 cm³/mol. The summed E-state index contributed by atoms with van der Waals surface area (Å²) in [5.74, 6) is -1.27. The molecule has 0 aliphatic rings. The number of likely N-dealkylation sites (N-methyl/N-ethyl adjacent to an activating group) is 1. The number of aliphatic carboxylic acids is 1. The second-order valence-electron chi connectivity index (χ2n) is 3.54. The molecule has 0 saturated carbocycles. The molecule has 0 fully saturated rings. The summed E-state index contributed by atoms with van der Waals surface area (Å²) in [5.41, 5.74) is 0.843. The highest BCUT2D eigenvalue weighted by Gasteiger charge is 2.24. The third-order valence-electron chi connectivity index (χ3n) is 2.43. The van der Waals surface area contributed by atoms with Gasteiger partial charge in [0.1, 0.15) is 6.04 Å².